The summed E-state index contributed by atoms with van der Waals surface area (Å²) in [5.74, 6) is -1.91. The van der Waals surface area contributed by atoms with Gasteiger partial charge in [0.2, 0.25) is 0 Å². The van der Waals surface area contributed by atoms with E-state index in [0.29, 0.717) is 0 Å². The molecule has 0 radical (unpaired) electrons. The van der Waals surface area contributed by atoms with Gasteiger partial charge in [-0.15, -0.1) is 0 Å². The number of hydrogen-bond donors (Lipinski definition) is 3. The summed E-state index contributed by atoms with van der Waals surface area (Å²) in [5.41, 5.74) is -0.766. The van der Waals surface area contributed by atoms with E-state index in [-0.39, 0.29) is 6.61 Å². The minimum atomic E-state index is -1.05. The van der Waals surface area contributed by atoms with E-state index in [0.717, 1.165) is 0 Å². The Morgan fingerprint density at radius 1 is 1.50 bits per heavy atom. The van der Waals surface area contributed by atoms with Crippen LogP contribution in [0.4, 0.5) is 0 Å². The van der Waals surface area contributed by atoms with E-state index < -0.39 is 23.4 Å². The fourth-order valence-electron chi connectivity index (χ4n) is 0.905. The van der Waals surface area contributed by atoms with Crippen molar-refractivity contribution in [3.8, 4) is 0 Å². The first kappa shape index (κ1) is 11.4. The molecule has 72 valence electrons. The molecule has 0 bridgehead atoms. The molecular weight excluding hydrogens is 160 g/mol. The van der Waals surface area contributed by atoms with Gasteiger partial charge in [-0.25, -0.2) is 0 Å². The molecule has 0 rings (SSSR count). The molecule has 0 saturated carbocycles. The van der Waals surface area contributed by atoms with Crippen molar-refractivity contribution in [2.24, 2.45) is 11.3 Å². The van der Waals surface area contributed by atoms with E-state index in [1.807, 2.05) is 0 Å². The molecule has 0 aromatic heterocycles. The smallest absolute Gasteiger partial charge is 0.308 e. The average Bonchev–Trinajstić information content (AvgIpc) is 2.01. The SMILES string of the molecule is CC(C(=O)O)C(O)C(C)(C)CO. The first-order valence-corrected chi connectivity index (χ1v) is 3.84. The van der Waals surface area contributed by atoms with Crippen LogP contribution < -0.4 is 0 Å². The highest BCUT2D eigenvalue weighted by atomic mass is 16.4. The van der Waals surface area contributed by atoms with Gasteiger partial charge in [-0.1, -0.05) is 13.8 Å². The summed E-state index contributed by atoms with van der Waals surface area (Å²) < 4.78 is 0. The molecule has 2 unspecified atom stereocenters. The van der Waals surface area contributed by atoms with Gasteiger partial charge in [0, 0.05) is 5.41 Å². The zero-order valence-corrected chi connectivity index (χ0v) is 7.61. The lowest BCUT2D eigenvalue weighted by molar-refractivity contribution is -0.149. The molecule has 0 aliphatic rings. The van der Waals surface area contributed by atoms with Crippen LogP contribution in [0, 0.1) is 11.3 Å². The third kappa shape index (κ3) is 2.46. The van der Waals surface area contributed by atoms with Gasteiger partial charge in [-0.2, -0.15) is 0 Å². The first-order chi connectivity index (χ1) is 5.33. The molecular formula is C8H16O4. The second kappa shape index (κ2) is 3.87. The van der Waals surface area contributed by atoms with E-state index in [2.05, 4.69) is 0 Å². The summed E-state index contributed by atoms with van der Waals surface area (Å²) in [5, 5.41) is 26.9. The second-order valence-electron chi connectivity index (χ2n) is 3.72. The maximum Gasteiger partial charge on any atom is 0.308 e. The molecule has 0 aromatic carbocycles. The van der Waals surface area contributed by atoms with Crippen molar-refractivity contribution >= 4 is 5.97 Å². The highest BCUT2D eigenvalue weighted by Crippen LogP contribution is 2.25. The van der Waals surface area contributed by atoms with Crippen molar-refractivity contribution in [1.29, 1.82) is 0 Å². The van der Waals surface area contributed by atoms with Gasteiger partial charge in [0.05, 0.1) is 18.6 Å². The number of carbonyl (C=O) groups is 1. The van der Waals surface area contributed by atoms with Gasteiger partial charge in [0.1, 0.15) is 0 Å². The van der Waals surface area contributed by atoms with Crippen molar-refractivity contribution in [2.75, 3.05) is 6.61 Å². The number of aliphatic hydroxyl groups is 2. The minimum absolute atomic E-state index is 0.230. The predicted octanol–water partition coefficient (Wildman–Crippen LogP) is 0.0865. The van der Waals surface area contributed by atoms with E-state index in [1.165, 1.54) is 6.92 Å². The zero-order chi connectivity index (χ0) is 9.94. The molecule has 0 aliphatic heterocycles. The monoisotopic (exact) mass is 176 g/mol. The van der Waals surface area contributed by atoms with Crippen molar-refractivity contribution in [3.05, 3.63) is 0 Å². The highest BCUT2D eigenvalue weighted by Gasteiger charge is 2.34. The summed E-state index contributed by atoms with van der Waals surface area (Å²) >= 11 is 0. The van der Waals surface area contributed by atoms with Gasteiger partial charge in [0.15, 0.2) is 0 Å². The van der Waals surface area contributed by atoms with Crippen LogP contribution in [0.3, 0.4) is 0 Å². The van der Waals surface area contributed by atoms with E-state index in [4.69, 9.17) is 10.2 Å². The number of aliphatic carboxylic acids is 1. The van der Waals surface area contributed by atoms with Crippen molar-refractivity contribution in [1.82, 2.24) is 0 Å². The van der Waals surface area contributed by atoms with Crippen molar-refractivity contribution in [3.63, 3.8) is 0 Å². The quantitative estimate of drug-likeness (QED) is 0.567. The Morgan fingerprint density at radius 2 is 1.92 bits per heavy atom. The lowest BCUT2D eigenvalue weighted by Gasteiger charge is -2.30. The lowest BCUT2D eigenvalue weighted by Crippen LogP contribution is -2.40. The molecule has 4 heteroatoms. The maximum absolute atomic E-state index is 10.5. The van der Waals surface area contributed by atoms with Crippen molar-refractivity contribution < 1.29 is 20.1 Å². The molecule has 0 aliphatic carbocycles. The Bertz CT molecular complexity index is 164. The Balaban J connectivity index is 4.37. The number of carboxylic acids is 1. The molecule has 0 aromatic rings. The molecule has 2 atom stereocenters. The topological polar surface area (TPSA) is 77.8 Å². The molecule has 0 amide bonds. The molecule has 4 nitrogen and oxygen atoms in total. The van der Waals surface area contributed by atoms with Gasteiger partial charge in [-0.05, 0) is 6.92 Å². The van der Waals surface area contributed by atoms with Crippen LogP contribution in [0.2, 0.25) is 0 Å². The number of aliphatic hydroxyl groups excluding tert-OH is 2. The van der Waals surface area contributed by atoms with Crippen LogP contribution >= 0.6 is 0 Å². The number of rotatable bonds is 4. The highest BCUT2D eigenvalue weighted by molar-refractivity contribution is 5.70. The maximum atomic E-state index is 10.5. The van der Waals surface area contributed by atoms with E-state index in [9.17, 15) is 9.90 Å². The third-order valence-electron chi connectivity index (χ3n) is 2.07. The summed E-state index contributed by atoms with van der Waals surface area (Å²) in [7, 11) is 0. The Hall–Kier alpha value is -0.610. The molecule has 0 saturated heterocycles. The average molecular weight is 176 g/mol. The summed E-state index contributed by atoms with van der Waals surface area (Å²) in [6.07, 6.45) is -1.03. The summed E-state index contributed by atoms with van der Waals surface area (Å²) in [4.78, 5) is 10.5. The second-order valence-corrected chi connectivity index (χ2v) is 3.72. The van der Waals surface area contributed by atoms with Gasteiger partial charge >= 0.3 is 5.97 Å². The van der Waals surface area contributed by atoms with Crippen LogP contribution in [0.5, 0.6) is 0 Å². The molecule has 12 heavy (non-hydrogen) atoms. The Kier molecular flexibility index (Phi) is 3.67. The number of carboxylic acid groups (broad SMARTS) is 1. The summed E-state index contributed by atoms with van der Waals surface area (Å²) in [6, 6.07) is 0. The number of hydrogen-bond acceptors (Lipinski definition) is 3. The molecule has 3 N–H and O–H groups in total. The molecule has 0 fully saturated rings. The normalized spacial score (nSPS) is 17.1. The molecule has 0 spiro atoms. The van der Waals surface area contributed by atoms with Crippen molar-refractivity contribution in [2.45, 2.75) is 26.9 Å². The standard InChI is InChI=1S/C8H16O4/c1-5(7(11)12)6(10)8(2,3)4-9/h5-6,9-10H,4H2,1-3H3,(H,11,12). The van der Waals surface area contributed by atoms with Crippen LogP contribution in [0.25, 0.3) is 0 Å². The van der Waals surface area contributed by atoms with Crippen LogP contribution in [-0.2, 0) is 4.79 Å². The Labute approximate surface area is 71.8 Å². The van der Waals surface area contributed by atoms with E-state index in [1.54, 1.807) is 13.8 Å². The third-order valence-corrected chi connectivity index (χ3v) is 2.07. The fourth-order valence-corrected chi connectivity index (χ4v) is 0.905. The van der Waals surface area contributed by atoms with E-state index >= 15 is 0 Å². The van der Waals surface area contributed by atoms with Crippen LogP contribution in [-0.4, -0.2) is 34.0 Å². The van der Waals surface area contributed by atoms with Crippen LogP contribution in [0.1, 0.15) is 20.8 Å². The largest absolute Gasteiger partial charge is 0.481 e. The minimum Gasteiger partial charge on any atom is -0.481 e. The van der Waals surface area contributed by atoms with Gasteiger partial charge in [-0.3, -0.25) is 4.79 Å². The Morgan fingerprint density at radius 3 is 2.17 bits per heavy atom. The van der Waals surface area contributed by atoms with Crippen LogP contribution in [0.15, 0.2) is 0 Å². The molecule has 0 heterocycles. The first-order valence-electron chi connectivity index (χ1n) is 3.84. The van der Waals surface area contributed by atoms with Gasteiger partial charge < -0.3 is 15.3 Å². The predicted molar refractivity (Wildman–Crippen MR) is 43.7 cm³/mol. The summed E-state index contributed by atoms with van der Waals surface area (Å²) in [6.45, 7) is 4.43. The lowest BCUT2D eigenvalue weighted by atomic mass is 9.81. The fraction of sp³-hybridized carbons (Fsp3) is 0.875. The zero-order valence-electron chi connectivity index (χ0n) is 7.61. The van der Waals surface area contributed by atoms with Gasteiger partial charge in [0.25, 0.3) is 0 Å².